The molecule has 0 spiro atoms. The maximum Gasteiger partial charge on any atom is 0.308 e. The average molecular weight is 398 g/mol. The number of fused-ring (bicyclic) bond motifs is 1. The molecular formula is C17H23N3O4S2. The maximum absolute atomic E-state index is 12.6. The third-order valence-electron chi connectivity index (χ3n) is 4.62. The van der Waals surface area contributed by atoms with Crippen LogP contribution in [0.5, 0.6) is 0 Å². The lowest BCUT2D eigenvalue weighted by Crippen LogP contribution is -2.43. The lowest BCUT2D eigenvalue weighted by Gasteiger charge is -2.30. The van der Waals surface area contributed by atoms with Crippen LogP contribution in [0.1, 0.15) is 32.7 Å². The van der Waals surface area contributed by atoms with E-state index < -0.39 is 10.0 Å². The molecule has 1 atom stereocenters. The highest BCUT2D eigenvalue weighted by atomic mass is 32.2. The number of nitrogens with one attached hydrogen (secondary N) is 1. The van der Waals surface area contributed by atoms with Gasteiger partial charge in [0, 0.05) is 24.8 Å². The first-order chi connectivity index (χ1) is 12.2. The number of rotatable bonds is 4. The standard InChI is InChI=1S/C17H23N3O4S2/c1-11(2)20-14-7-6-13(9-15(14)25-17(20)22)18-16(21)12-5-4-8-19(10-12)26(3,23)24/h6-7,9,11-12H,4-5,8,10H2,1-3H3,(H,18,21)/t12-/m0/s1. The van der Waals surface area contributed by atoms with E-state index in [1.165, 1.54) is 10.6 Å². The number of nitrogens with zero attached hydrogens (tertiary/aromatic N) is 2. The second-order valence-corrected chi connectivity index (χ2v) is 9.94. The number of hydrogen-bond acceptors (Lipinski definition) is 5. The molecule has 2 heterocycles. The largest absolute Gasteiger partial charge is 0.326 e. The molecule has 0 radical (unpaired) electrons. The Morgan fingerprint density at radius 2 is 2.08 bits per heavy atom. The minimum atomic E-state index is -3.29. The van der Waals surface area contributed by atoms with E-state index >= 15 is 0 Å². The van der Waals surface area contributed by atoms with Crippen molar-refractivity contribution in [2.45, 2.75) is 32.7 Å². The Hall–Kier alpha value is -1.71. The zero-order chi connectivity index (χ0) is 19.1. The van der Waals surface area contributed by atoms with Gasteiger partial charge < -0.3 is 5.32 Å². The quantitative estimate of drug-likeness (QED) is 0.857. The van der Waals surface area contributed by atoms with Gasteiger partial charge in [-0.05, 0) is 44.9 Å². The fourth-order valence-corrected chi connectivity index (χ4v) is 5.27. The topological polar surface area (TPSA) is 88.5 Å². The number of amides is 1. The molecule has 9 heteroatoms. The number of piperidine rings is 1. The van der Waals surface area contributed by atoms with Crippen LogP contribution in [-0.2, 0) is 14.8 Å². The number of anilines is 1. The molecule has 0 bridgehead atoms. The number of benzene rings is 1. The van der Waals surface area contributed by atoms with Crippen LogP contribution in [0.4, 0.5) is 5.69 Å². The predicted molar refractivity (Wildman–Crippen MR) is 104 cm³/mol. The Morgan fingerprint density at radius 3 is 2.73 bits per heavy atom. The van der Waals surface area contributed by atoms with E-state index in [9.17, 15) is 18.0 Å². The van der Waals surface area contributed by atoms with Crippen LogP contribution >= 0.6 is 11.3 Å². The summed E-state index contributed by atoms with van der Waals surface area (Å²) in [6.45, 7) is 4.59. The Labute approximate surface area is 156 Å². The molecular weight excluding hydrogens is 374 g/mol. The number of thiazole rings is 1. The van der Waals surface area contributed by atoms with E-state index in [0.717, 1.165) is 21.6 Å². The summed E-state index contributed by atoms with van der Waals surface area (Å²) >= 11 is 1.16. The molecule has 1 saturated heterocycles. The van der Waals surface area contributed by atoms with Gasteiger partial charge in [0.25, 0.3) is 0 Å². The van der Waals surface area contributed by atoms with Crippen molar-refractivity contribution in [2.24, 2.45) is 5.92 Å². The van der Waals surface area contributed by atoms with Gasteiger partial charge in [-0.3, -0.25) is 14.2 Å². The van der Waals surface area contributed by atoms with Gasteiger partial charge in [0.1, 0.15) is 0 Å². The minimum absolute atomic E-state index is 0.0189. The average Bonchev–Trinajstić information content (AvgIpc) is 2.89. The van der Waals surface area contributed by atoms with Gasteiger partial charge in [-0.15, -0.1) is 0 Å². The van der Waals surface area contributed by atoms with Crippen LogP contribution in [0.2, 0.25) is 0 Å². The van der Waals surface area contributed by atoms with E-state index in [0.29, 0.717) is 25.1 Å². The van der Waals surface area contributed by atoms with Crippen molar-refractivity contribution >= 4 is 43.2 Å². The number of sulfonamides is 1. The van der Waals surface area contributed by atoms with E-state index in [4.69, 9.17) is 0 Å². The Balaban J connectivity index is 1.78. The molecule has 3 rings (SSSR count). The third-order valence-corrected chi connectivity index (χ3v) is 6.81. The molecule has 1 amide bonds. The van der Waals surface area contributed by atoms with Crippen LogP contribution in [0.15, 0.2) is 23.0 Å². The van der Waals surface area contributed by atoms with Crippen molar-refractivity contribution in [1.82, 2.24) is 8.87 Å². The summed E-state index contributed by atoms with van der Waals surface area (Å²) in [6, 6.07) is 5.49. The Kier molecular flexibility index (Phi) is 5.23. The van der Waals surface area contributed by atoms with Crippen molar-refractivity contribution in [3.8, 4) is 0 Å². The fraction of sp³-hybridized carbons (Fsp3) is 0.529. The van der Waals surface area contributed by atoms with Gasteiger partial charge in [0.05, 0.1) is 22.4 Å². The highest BCUT2D eigenvalue weighted by Gasteiger charge is 2.30. The van der Waals surface area contributed by atoms with Gasteiger partial charge >= 0.3 is 4.87 Å². The van der Waals surface area contributed by atoms with Crippen LogP contribution < -0.4 is 10.2 Å². The number of hydrogen-bond donors (Lipinski definition) is 1. The van der Waals surface area contributed by atoms with E-state index in [-0.39, 0.29) is 29.3 Å². The highest BCUT2D eigenvalue weighted by Crippen LogP contribution is 2.25. The predicted octanol–water partition coefficient (Wildman–Crippen LogP) is 2.25. The number of carbonyl (C=O) groups excluding carboxylic acids is 1. The van der Waals surface area contributed by atoms with Gasteiger partial charge in [0.2, 0.25) is 15.9 Å². The number of aromatic nitrogens is 1. The van der Waals surface area contributed by atoms with Crippen LogP contribution in [0.25, 0.3) is 10.2 Å². The van der Waals surface area contributed by atoms with E-state index in [1.54, 1.807) is 16.7 Å². The molecule has 1 aromatic heterocycles. The first-order valence-corrected chi connectivity index (χ1v) is 11.2. The molecule has 0 aliphatic carbocycles. The molecule has 2 aromatic rings. The van der Waals surface area contributed by atoms with Crippen molar-refractivity contribution in [3.05, 3.63) is 27.9 Å². The van der Waals surface area contributed by atoms with Crippen molar-refractivity contribution in [1.29, 1.82) is 0 Å². The molecule has 7 nitrogen and oxygen atoms in total. The molecule has 1 N–H and O–H groups in total. The second kappa shape index (κ2) is 7.13. The molecule has 1 aliphatic heterocycles. The van der Waals surface area contributed by atoms with Crippen LogP contribution in [0.3, 0.4) is 0 Å². The summed E-state index contributed by atoms with van der Waals surface area (Å²) in [5.41, 5.74) is 1.48. The summed E-state index contributed by atoms with van der Waals surface area (Å²) in [4.78, 5) is 24.7. The molecule has 1 aliphatic rings. The second-order valence-electron chi connectivity index (χ2n) is 6.96. The molecule has 26 heavy (non-hydrogen) atoms. The first kappa shape index (κ1) is 19.1. The highest BCUT2D eigenvalue weighted by molar-refractivity contribution is 7.88. The van der Waals surface area contributed by atoms with Crippen LogP contribution in [-0.4, -0.2) is 42.5 Å². The third kappa shape index (κ3) is 3.84. The summed E-state index contributed by atoms with van der Waals surface area (Å²) in [6.07, 6.45) is 2.50. The molecule has 0 unspecified atom stereocenters. The van der Waals surface area contributed by atoms with Crippen molar-refractivity contribution in [2.75, 3.05) is 24.7 Å². The zero-order valence-corrected chi connectivity index (χ0v) is 16.7. The van der Waals surface area contributed by atoms with Gasteiger partial charge in [0.15, 0.2) is 0 Å². The monoisotopic (exact) mass is 397 g/mol. The molecule has 1 fully saturated rings. The Bertz CT molecular complexity index is 991. The fourth-order valence-electron chi connectivity index (χ4n) is 3.31. The molecule has 1 aromatic carbocycles. The van der Waals surface area contributed by atoms with E-state index in [1.807, 2.05) is 19.9 Å². The van der Waals surface area contributed by atoms with Gasteiger partial charge in [-0.1, -0.05) is 11.3 Å². The maximum atomic E-state index is 12.6. The van der Waals surface area contributed by atoms with Gasteiger partial charge in [-0.25, -0.2) is 12.7 Å². The SMILES string of the molecule is CC(C)n1c(=O)sc2cc(NC(=O)[C@H]3CCCN(S(C)(=O)=O)C3)ccc21. The lowest BCUT2D eigenvalue weighted by atomic mass is 9.98. The summed E-state index contributed by atoms with van der Waals surface area (Å²) < 4.78 is 27.3. The first-order valence-electron chi connectivity index (χ1n) is 8.58. The molecule has 0 saturated carbocycles. The minimum Gasteiger partial charge on any atom is -0.326 e. The summed E-state index contributed by atoms with van der Waals surface area (Å²) in [7, 11) is -3.29. The summed E-state index contributed by atoms with van der Waals surface area (Å²) in [5, 5.41) is 2.87. The van der Waals surface area contributed by atoms with Gasteiger partial charge in [-0.2, -0.15) is 0 Å². The lowest BCUT2D eigenvalue weighted by molar-refractivity contribution is -0.120. The smallest absolute Gasteiger partial charge is 0.308 e. The summed E-state index contributed by atoms with van der Waals surface area (Å²) in [5.74, 6) is -0.554. The normalized spacial score (nSPS) is 19.2. The number of carbonyl (C=O) groups is 1. The molecule has 142 valence electrons. The Morgan fingerprint density at radius 1 is 1.35 bits per heavy atom. The van der Waals surface area contributed by atoms with Crippen molar-refractivity contribution in [3.63, 3.8) is 0 Å². The zero-order valence-electron chi connectivity index (χ0n) is 15.1. The van der Waals surface area contributed by atoms with Crippen molar-refractivity contribution < 1.29 is 13.2 Å². The van der Waals surface area contributed by atoms with Crippen LogP contribution in [0, 0.1) is 5.92 Å². The van der Waals surface area contributed by atoms with E-state index in [2.05, 4.69) is 5.32 Å².